The average molecular weight is 575 g/mol. The van der Waals surface area contributed by atoms with Crippen molar-refractivity contribution in [3.05, 3.63) is 107 Å². The average Bonchev–Trinajstić information content (AvgIpc) is 3.00. The van der Waals surface area contributed by atoms with Crippen LogP contribution in [0.3, 0.4) is 0 Å². The number of ether oxygens (including phenoxy) is 3. The van der Waals surface area contributed by atoms with Crippen LogP contribution in [0.15, 0.2) is 78.9 Å². The van der Waals surface area contributed by atoms with Gasteiger partial charge in [0, 0.05) is 37.5 Å². The number of carbonyl (C=O) groups is 2. The summed E-state index contributed by atoms with van der Waals surface area (Å²) in [6, 6.07) is 26.3. The Balaban J connectivity index is 1.50. The third-order valence-corrected chi connectivity index (χ3v) is 7.97. The highest BCUT2D eigenvalue weighted by Gasteiger charge is 2.39. The zero-order valence-electron chi connectivity index (χ0n) is 25.0. The third kappa shape index (κ3) is 8.04. The Morgan fingerprint density at radius 2 is 1.55 bits per heavy atom. The Kier molecular flexibility index (Phi) is 10.9. The molecule has 0 bridgehead atoms. The van der Waals surface area contributed by atoms with E-state index in [0.717, 1.165) is 22.3 Å². The molecule has 0 unspecified atom stereocenters. The molecule has 8 nitrogen and oxygen atoms in total. The van der Waals surface area contributed by atoms with Gasteiger partial charge in [-0.2, -0.15) is 0 Å². The van der Waals surface area contributed by atoms with Gasteiger partial charge < -0.3 is 24.6 Å². The molecular weight excluding hydrogens is 532 g/mol. The second kappa shape index (κ2) is 14.6. The monoisotopic (exact) mass is 574 g/mol. The number of likely N-dealkylation sites (N-methyl/N-ethyl adjacent to an activating group) is 1. The van der Waals surface area contributed by atoms with E-state index >= 15 is 0 Å². The van der Waals surface area contributed by atoms with Gasteiger partial charge in [-0.3, -0.25) is 14.5 Å². The number of esters is 1. The Bertz CT molecular complexity index is 1300. The van der Waals surface area contributed by atoms with Gasteiger partial charge in [0.1, 0.15) is 0 Å². The van der Waals surface area contributed by atoms with E-state index < -0.39 is 18.4 Å². The highest BCUT2D eigenvalue weighted by molar-refractivity contribution is 5.82. The molecule has 2 N–H and O–H groups in total. The maximum Gasteiger partial charge on any atom is 0.303 e. The molecule has 0 aromatic heterocycles. The minimum absolute atomic E-state index is 0.00659. The molecule has 1 amide bonds. The number of aliphatic hydroxyl groups excluding tert-OH is 1. The van der Waals surface area contributed by atoms with Gasteiger partial charge in [0.05, 0.1) is 18.8 Å². The quantitative estimate of drug-likeness (QED) is 0.303. The van der Waals surface area contributed by atoms with Gasteiger partial charge in [0.2, 0.25) is 0 Å². The highest BCUT2D eigenvalue weighted by atomic mass is 16.7. The van der Waals surface area contributed by atoms with E-state index in [0.29, 0.717) is 13.1 Å². The first kappa shape index (κ1) is 31.4. The molecule has 42 heavy (non-hydrogen) atoms. The van der Waals surface area contributed by atoms with Gasteiger partial charge in [-0.1, -0.05) is 85.8 Å². The Morgan fingerprint density at radius 3 is 2.17 bits per heavy atom. The Labute approximate surface area is 248 Å². The van der Waals surface area contributed by atoms with Crippen molar-refractivity contribution in [2.75, 3.05) is 13.6 Å². The molecule has 1 heterocycles. The molecule has 1 aliphatic rings. The van der Waals surface area contributed by atoms with E-state index in [9.17, 15) is 14.7 Å². The van der Waals surface area contributed by atoms with Crippen LogP contribution >= 0.6 is 0 Å². The van der Waals surface area contributed by atoms with Crippen LogP contribution in [-0.4, -0.2) is 47.7 Å². The Morgan fingerprint density at radius 1 is 0.929 bits per heavy atom. The molecule has 8 heteroatoms. The fraction of sp³-hybridized carbons (Fsp3) is 0.412. The SMILES string of the molecule is CC(=O)O[C@@H](C)C(=O)NCc1ccc([C@@H]2O[C@H](CN(C)[C@@H](C)c3ccccc3)[C@H](C)[C@H](c3ccc(CO)cc3)O2)cc1. The van der Waals surface area contributed by atoms with E-state index in [1.807, 2.05) is 54.6 Å². The molecule has 3 aromatic carbocycles. The summed E-state index contributed by atoms with van der Waals surface area (Å²) in [6.45, 7) is 8.20. The summed E-state index contributed by atoms with van der Waals surface area (Å²) >= 11 is 0. The van der Waals surface area contributed by atoms with Crippen LogP contribution in [0.5, 0.6) is 0 Å². The number of benzene rings is 3. The predicted molar refractivity (Wildman–Crippen MR) is 160 cm³/mol. The molecule has 3 aromatic rings. The second-order valence-electron chi connectivity index (χ2n) is 11.1. The maximum atomic E-state index is 12.2. The summed E-state index contributed by atoms with van der Waals surface area (Å²) < 4.78 is 18.2. The van der Waals surface area contributed by atoms with Crippen molar-refractivity contribution < 1.29 is 28.9 Å². The zero-order valence-corrected chi connectivity index (χ0v) is 25.0. The van der Waals surface area contributed by atoms with Crippen LogP contribution in [-0.2, 0) is 37.0 Å². The first-order valence-electron chi connectivity index (χ1n) is 14.5. The van der Waals surface area contributed by atoms with Gasteiger partial charge in [-0.25, -0.2) is 0 Å². The Hall–Kier alpha value is -3.56. The molecule has 1 aliphatic heterocycles. The topological polar surface area (TPSA) is 97.3 Å². The number of hydrogen-bond acceptors (Lipinski definition) is 7. The number of rotatable bonds is 11. The number of nitrogens with one attached hydrogen (secondary N) is 1. The van der Waals surface area contributed by atoms with Gasteiger partial charge in [0.15, 0.2) is 12.4 Å². The van der Waals surface area contributed by atoms with Crippen molar-refractivity contribution >= 4 is 11.9 Å². The highest BCUT2D eigenvalue weighted by Crippen LogP contribution is 2.42. The molecule has 6 atom stereocenters. The lowest BCUT2D eigenvalue weighted by Gasteiger charge is -2.43. The fourth-order valence-electron chi connectivity index (χ4n) is 5.18. The normalized spacial score (nSPS) is 21.9. The molecule has 1 saturated heterocycles. The van der Waals surface area contributed by atoms with Gasteiger partial charge >= 0.3 is 5.97 Å². The minimum atomic E-state index is -0.851. The summed E-state index contributed by atoms with van der Waals surface area (Å²) in [6.07, 6.45) is -1.74. The standard InChI is InChI=1S/C34H42N2O6/c1-22-31(20-36(5)23(2)28-9-7-6-8-10-28)41-34(42-32(22)29-15-13-27(21-37)14-16-29)30-17-11-26(12-18-30)19-35-33(39)24(3)40-25(4)38/h6-18,22-24,31-32,34,37H,19-21H2,1-5H3,(H,35,39)/t22-,23-,24-,31+,32+,34+/m0/s1. The minimum Gasteiger partial charge on any atom is -0.453 e. The zero-order chi connectivity index (χ0) is 30.2. The van der Waals surface area contributed by atoms with Crippen molar-refractivity contribution in [3.63, 3.8) is 0 Å². The number of carbonyl (C=O) groups excluding carboxylic acids is 2. The van der Waals surface area contributed by atoms with E-state index in [-0.39, 0.29) is 36.7 Å². The molecule has 0 radical (unpaired) electrons. The first-order chi connectivity index (χ1) is 20.2. The van der Waals surface area contributed by atoms with Crippen molar-refractivity contribution in [2.24, 2.45) is 5.92 Å². The van der Waals surface area contributed by atoms with E-state index in [1.165, 1.54) is 12.5 Å². The van der Waals surface area contributed by atoms with E-state index in [4.69, 9.17) is 14.2 Å². The molecule has 224 valence electrons. The number of nitrogens with zero attached hydrogens (tertiary/aromatic N) is 1. The summed E-state index contributed by atoms with van der Waals surface area (Å²) in [5, 5.41) is 12.3. The van der Waals surface area contributed by atoms with Gasteiger partial charge in [-0.05, 0) is 43.1 Å². The first-order valence-corrected chi connectivity index (χ1v) is 14.5. The fourth-order valence-corrected chi connectivity index (χ4v) is 5.18. The van der Waals surface area contributed by atoms with Crippen molar-refractivity contribution in [3.8, 4) is 0 Å². The predicted octanol–water partition coefficient (Wildman–Crippen LogP) is 5.23. The molecule has 1 fully saturated rings. The van der Waals surface area contributed by atoms with Gasteiger partial charge in [-0.15, -0.1) is 0 Å². The van der Waals surface area contributed by atoms with E-state index in [2.05, 4.69) is 55.4 Å². The third-order valence-electron chi connectivity index (χ3n) is 7.97. The van der Waals surface area contributed by atoms with Crippen LogP contribution in [0.4, 0.5) is 0 Å². The smallest absolute Gasteiger partial charge is 0.303 e. The van der Waals surface area contributed by atoms with Gasteiger partial charge in [0.25, 0.3) is 5.91 Å². The largest absolute Gasteiger partial charge is 0.453 e. The van der Waals surface area contributed by atoms with Crippen LogP contribution in [0.25, 0.3) is 0 Å². The van der Waals surface area contributed by atoms with Crippen molar-refractivity contribution in [1.82, 2.24) is 10.2 Å². The van der Waals surface area contributed by atoms with E-state index in [1.54, 1.807) is 6.92 Å². The maximum absolute atomic E-state index is 12.2. The number of hydrogen-bond donors (Lipinski definition) is 2. The summed E-state index contributed by atoms with van der Waals surface area (Å²) in [4.78, 5) is 25.7. The van der Waals surface area contributed by atoms with Crippen LogP contribution in [0, 0.1) is 5.92 Å². The number of aliphatic hydroxyl groups is 1. The molecule has 0 aliphatic carbocycles. The summed E-state index contributed by atoms with van der Waals surface area (Å²) in [5.74, 6) is -0.778. The lowest BCUT2D eigenvalue weighted by atomic mass is 9.89. The summed E-state index contributed by atoms with van der Waals surface area (Å²) in [7, 11) is 2.12. The van der Waals surface area contributed by atoms with Crippen molar-refractivity contribution in [2.45, 2.75) is 71.5 Å². The van der Waals surface area contributed by atoms with Crippen LogP contribution in [0.1, 0.15) is 73.9 Å². The van der Waals surface area contributed by atoms with Crippen LogP contribution in [0.2, 0.25) is 0 Å². The van der Waals surface area contributed by atoms with Crippen molar-refractivity contribution in [1.29, 1.82) is 0 Å². The molecular formula is C34H42N2O6. The molecule has 4 rings (SSSR count). The summed E-state index contributed by atoms with van der Waals surface area (Å²) in [5.41, 5.74) is 4.92. The molecule has 0 spiro atoms. The molecule has 0 saturated carbocycles. The van der Waals surface area contributed by atoms with Crippen LogP contribution < -0.4 is 5.32 Å². The number of amides is 1. The lowest BCUT2D eigenvalue weighted by Crippen LogP contribution is -2.44. The lowest BCUT2D eigenvalue weighted by molar-refractivity contribution is -0.276. The second-order valence-corrected chi connectivity index (χ2v) is 11.1.